The summed E-state index contributed by atoms with van der Waals surface area (Å²) in [5.41, 5.74) is 2.86. The first kappa shape index (κ1) is 23.5. The predicted molar refractivity (Wildman–Crippen MR) is 124 cm³/mol. The quantitative estimate of drug-likeness (QED) is 0.501. The van der Waals surface area contributed by atoms with E-state index in [-0.39, 0.29) is 16.4 Å². The summed E-state index contributed by atoms with van der Waals surface area (Å²) >= 11 is 1.54. The van der Waals surface area contributed by atoms with Crippen molar-refractivity contribution in [2.24, 2.45) is 0 Å². The van der Waals surface area contributed by atoms with Gasteiger partial charge in [-0.25, -0.2) is 13.2 Å². The molecule has 32 heavy (non-hydrogen) atoms. The van der Waals surface area contributed by atoms with Gasteiger partial charge < -0.3 is 9.64 Å². The first-order valence-corrected chi connectivity index (χ1v) is 12.2. The first-order chi connectivity index (χ1) is 15.2. The van der Waals surface area contributed by atoms with E-state index in [1.165, 1.54) is 34.4 Å². The summed E-state index contributed by atoms with van der Waals surface area (Å²) in [7, 11) is -2.30. The number of thiophene rings is 1. The molecule has 1 N–H and O–H groups in total. The second-order valence-electron chi connectivity index (χ2n) is 7.41. The number of aryl methyl sites for hydroxylation is 2. The van der Waals surface area contributed by atoms with E-state index in [2.05, 4.69) is 4.72 Å². The number of ether oxygens (including phenoxy) is 1. The molecule has 0 bridgehead atoms. The van der Waals surface area contributed by atoms with Gasteiger partial charge in [0.25, 0.3) is 15.9 Å². The Morgan fingerprint density at radius 2 is 1.88 bits per heavy atom. The fraction of sp³-hybridized carbons (Fsp3) is 0.217. The number of likely N-dealkylation sites (N-methyl/N-ethyl adjacent to an activating group) is 1. The molecule has 0 atom stereocenters. The van der Waals surface area contributed by atoms with Crippen LogP contribution in [-0.2, 0) is 26.1 Å². The fourth-order valence-electron chi connectivity index (χ4n) is 3.00. The number of sulfonamides is 1. The summed E-state index contributed by atoms with van der Waals surface area (Å²) in [6, 6.07) is 13.2. The van der Waals surface area contributed by atoms with Gasteiger partial charge in [0.15, 0.2) is 6.61 Å². The Balaban J connectivity index is 1.68. The van der Waals surface area contributed by atoms with E-state index in [1.807, 2.05) is 29.8 Å². The molecule has 0 spiro atoms. The average molecular weight is 473 g/mol. The molecule has 0 aliphatic carbocycles. The zero-order valence-corrected chi connectivity index (χ0v) is 19.6. The van der Waals surface area contributed by atoms with Crippen LogP contribution in [0.5, 0.6) is 0 Å². The number of hydrogen-bond donors (Lipinski definition) is 1. The SMILES string of the molecule is Cc1cccc(NS(=O)(=O)c2cc(C(=O)OCC(=O)N(C)Cc3ccsc3)ccc2C)c1. The molecule has 3 rings (SSSR count). The third kappa shape index (κ3) is 5.95. The van der Waals surface area contributed by atoms with Gasteiger partial charge in [-0.05, 0) is 71.6 Å². The van der Waals surface area contributed by atoms with Gasteiger partial charge in [0.1, 0.15) is 0 Å². The molecule has 2 aromatic carbocycles. The van der Waals surface area contributed by atoms with Crippen LogP contribution < -0.4 is 4.72 Å². The number of rotatable bonds is 8. The van der Waals surface area contributed by atoms with Crippen molar-refractivity contribution in [2.45, 2.75) is 25.3 Å². The fourth-order valence-corrected chi connectivity index (χ4v) is 4.98. The van der Waals surface area contributed by atoms with Crippen LogP contribution in [0.3, 0.4) is 0 Å². The van der Waals surface area contributed by atoms with Crippen LogP contribution in [0.2, 0.25) is 0 Å². The minimum Gasteiger partial charge on any atom is -0.452 e. The molecule has 0 saturated carbocycles. The van der Waals surface area contributed by atoms with E-state index in [9.17, 15) is 18.0 Å². The van der Waals surface area contributed by atoms with Gasteiger partial charge in [0, 0.05) is 19.3 Å². The van der Waals surface area contributed by atoms with E-state index in [0.29, 0.717) is 17.8 Å². The lowest BCUT2D eigenvalue weighted by Crippen LogP contribution is -2.30. The van der Waals surface area contributed by atoms with Gasteiger partial charge in [-0.3, -0.25) is 9.52 Å². The van der Waals surface area contributed by atoms with E-state index < -0.39 is 22.6 Å². The van der Waals surface area contributed by atoms with Crippen molar-refractivity contribution < 1.29 is 22.7 Å². The summed E-state index contributed by atoms with van der Waals surface area (Å²) in [5.74, 6) is -1.13. The minimum absolute atomic E-state index is 0.0330. The highest BCUT2D eigenvalue weighted by atomic mass is 32.2. The lowest BCUT2D eigenvalue weighted by atomic mass is 10.1. The molecule has 3 aromatic rings. The van der Waals surface area contributed by atoms with Gasteiger partial charge in [-0.2, -0.15) is 11.3 Å². The Labute approximate surface area is 191 Å². The molecule has 0 fully saturated rings. The monoisotopic (exact) mass is 472 g/mol. The standard InChI is InChI=1S/C23H24N2O5S2/c1-16-5-4-6-20(11-16)24-32(28,29)21-12-19(8-7-17(21)2)23(27)30-14-22(26)25(3)13-18-9-10-31-15-18/h4-12,15,24H,13-14H2,1-3H3. The number of carbonyl (C=O) groups excluding carboxylic acids is 2. The molecule has 7 nitrogen and oxygen atoms in total. The molecular formula is C23H24N2O5S2. The van der Waals surface area contributed by atoms with E-state index in [0.717, 1.165) is 11.1 Å². The van der Waals surface area contributed by atoms with E-state index >= 15 is 0 Å². The molecule has 9 heteroatoms. The van der Waals surface area contributed by atoms with Crippen molar-refractivity contribution in [2.75, 3.05) is 18.4 Å². The van der Waals surface area contributed by atoms with Crippen LogP contribution in [0, 0.1) is 13.8 Å². The number of esters is 1. The summed E-state index contributed by atoms with van der Waals surface area (Å²) in [6.45, 7) is 3.48. The molecule has 0 aliphatic heterocycles. The van der Waals surface area contributed by atoms with Gasteiger partial charge in [0.05, 0.1) is 10.5 Å². The molecule has 168 valence electrons. The van der Waals surface area contributed by atoms with Gasteiger partial charge >= 0.3 is 5.97 Å². The minimum atomic E-state index is -3.92. The summed E-state index contributed by atoms with van der Waals surface area (Å²) in [5, 5.41) is 3.86. The topological polar surface area (TPSA) is 92.8 Å². The maximum atomic E-state index is 12.9. The average Bonchev–Trinajstić information content (AvgIpc) is 3.24. The van der Waals surface area contributed by atoms with Crippen molar-refractivity contribution >= 4 is 38.9 Å². The lowest BCUT2D eigenvalue weighted by molar-refractivity contribution is -0.133. The number of benzene rings is 2. The van der Waals surface area contributed by atoms with Crippen LogP contribution in [-0.4, -0.2) is 38.8 Å². The number of carbonyl (C=O) groups is 2. The number of anilines is 1. The molecule has 0 aliphatic rings. The molecule has 1 amide bonds. The maximum Gasteiger partial charge on any atom is 0.338 e. The zero-order valence-electron chi connectivity index (χ0n) is 18.0. The predicted octanol–water partition coefficient (Wildman–Crippen LogP) is 3.98. The Morgan fingerprint density at radius 3 is 2.56 bits per heavy atom. The zero-order chi connectivity index (χ0) is 23.3. The summed E-state index contributed by atoms with van der Waals surface area (Å²) in [6.07, 6.45) is 0. The summed E-state index contributed by atoms with van der Waals surface area (Å²) < 4.78 is 33.4. The van der Waals surface area contributed by atoms with Crippen LogP contribution in [0.4, 0.5) is 5.69 Å². The van der Waals surface area contributed by atoms with Crippen LogP contribution >= 0.6 is 11.3 Å². The van der Waals surface area contributed by atoms with Gasteiger partial charge in [-0.15, -0.1) is 0 Å². The number of amides is 1. The highest BCUT2D eigenvalue weighted by molar-refractivity contribution is 7.92. The van der Waals surface area contributed by atoms with Crippen molar-refractivity contribution in [3.63, 3.8) is 0 Å². The molecular weight excluding hydrogens is 448 g/mol. The maximum absolute atomic E-state index is 12.9. The Morgan fingerprint density at radius 1 is 1.09 bits per heavy atom. The number of nitrogens with one attached hydrogen (secondary N) is 1. The van der Waals surface area contributed by atoms with Crippen LogP contribution in [0.1, 0.15) is 27.0 Å². The normalized spacial score (nSPS) is 11.1. The van der Waals surface area contributed by atoms with E-state index in [4.69, 9.17) is 4.74 Å². The largest absolute Gasteiger partial charge is 0.452 e. The molecule has 0 unspecified atom stereocenters. The summed E-state index contributed by atoms with van der Waals surface area (Å²) in [4.78, 5) is 26.2. The molecule has 1 heterocycles. The number of hydrogen-bond acceptors (Lipinski definition) is 6. The van der Waals surface area contributed by atoms with Gasteiger partial charge in [-0.1, -0.05) is 18.2 Å². The lowest BCUT2D eigenvalue weighted by Gasteiger charge is -2.16. The Bertz CT molecular complexity index is 1220. The second kappa shape index (κ2) is 9.97. The van der Waals surface area contributed by atoms with Gasteiger partial charge in [0.2, 0.25) is 0 Å². The smallest absolute Gasteiger partial charge is 0.338 e. The Kier molecular flexibility index (Phi) is 7.32. The number of nitrogens with zero attached hydrogens (tertiary/aromatic N) is 1. The first-order valence-electron chi connectivity index (χ1n) is 9.78. The second-order valence-corrected chi connectivity index (χ2v) is 9.84. The van der Waals surface area contributed by atoms with Crippen molar-refractivity contribution in [1.82, 2.24) is 4.90 Å². The van der Waals surface area contributed by atoms with Crippen molar-refractivity contribution in [1.29, 1.82) is 0 Å². The van der Waals surface area contributed by atoms with E-state index in [1.54, 1.807) is 32.2 Å². The highest BCUT2D eigenvalue weighted by Gasteiger charge is 2.21. The third-order valence-corrected chi connectivity index (χ3v) is 6.99. The Hall–Kier alpha value is -3.17. The van der Waals surface area contributed by atoms with Crippen molar-refractivity contribution in [3.8, 4) is 0 Å². The highest BCUT2D eigenvalue weighted by Crippen LogP contribution is 2.22. The molecule has 0 radical (unpaired) electrons. The molecule has 1 aromatic heterocycles. The molecule has 0 saturated heterocycles. The van der Waals surface area contributed by atoms with Crippen LogP contribution in [0.15, 0.2) is 64.2 Å². The van der Waals surface area contributed by atoms with Crippen molar-refractivity contribution in [3.05, 3.63) is 81.5 Å². The third-order valence-electron chi connectivity index (χ3n) is 4.74. The van der Waals surface area contributed by atoms with Crippen LogP contribution in [0.25, 0.3) is 0 Å².